The number of nitrogens with zero attached hydrogens (tertiary/aromatic N) is 1. The fraction of sp³-hybridized carbons (Fsp3) is 0.250. The monoisotopic (exact) mass is 270 g/mol. The van der Waals surface area contributed by atoms with Gasteiger partial charge in [-0.1, -0.05) is 11.6 Å². The third-order valence-corrected chi connectivity index (χ3v) is 3.20. The summed E-state index contributed by atoms with van der Waals surface area (Å²) < 4.78 is 4.82. The van der Waals surface area contributed by atoms with Gasteiger partial charge in [0.15, 0.2) is 0 Å². The summed E-state index contributed by atoms with van der Waals surface area (Å²) in [6, 6.07) is 7.65. The van der Waals surface area contributed by atoms with E-state index in [9.17, 15) is 4.79 Å². The Morgan fingerprint density at radius 3 is 2.80 bits per heavy atom. The fourth-order valence-corrected chi connectivity index (χ4v) is 1.96. The Labute approximate surface area is 118 Å². The summed E-state index contributed by atoms with van der Waals surface area (Å²) in [6.07, 6.45) is 3.60. The van der Waals surface area contributed by atoms with E-state index in [0.717, 1.165) is 16.8 Å². The number of hydrogen-bond acceptors (Lipinski definition) is 4. The minimum absolute atomic E-state index is 0.334. The van der Waals surface area contributed by atoms with E-state index in [0.29, 0.717) is 12.1 Å². The van der Waals surface area contributed by atoms with Gasteiger partial charge in [0.2, 0.25) is 0 Å². The molecule has 1 heterocycles. The SMILES string of the molecule is COC(=O)c1cc(C)ccc1NCc1cnccc1C. The molecule has 1 N–H and O–H groups in total. The van der Waals surface area contributed by atoms with Crippen LogP contribution in [0.15, 0.2) is 36.7 Å². The molecule has 0 fully saturated rings. The van der Waals surface area contributed by atoms with Crippen LogP contribution in [0.1, 0.15) is 27.0 Å². The first-order valence-corrected chi connectivity index (χ1v) is 6.44. The standard InChI is InChI=1S/C16H18N2O2/c1-11-4-5-15(14(8-11)16(19)20-3)18-10-13-9-17-7-6-12(13)2/h4-9,18H,10H2,1-3H3. The van der Waals surface area contributed by atoms with Crippen LogP contribution in [0.5, 0.6) is 0 Å². The third kappa shape index (κ3) is 3.15. The Hall–Kier alpha value is -2.36. The van der Waals surface area contributed by atoms with Gasteiger partial charge < -0.3 is 10.1 Å². The molecule has 4 heteroatoms. The number of hydrogen-bond donors (Lipinski definition) is 1. The Morgan fingerprint density at radius 1 is 1.30 bits per heavy atom. The summed E-state index contributed by atoms with van der Waals surface area (Å²) in [4.78, 5) is 15.9. The highest BCUT2D eigenvalue weighted by atomic mass is 16.5. The summed E-state index contributed by atoms with van der Waals surface area (Å²) in [6.45, 7) is 4.60. The van der Waals surface area contributed by atoms with Crippen molar-refractivity contribution in [1.82, 2.24) is 4.98 Å². The molecule has 0 amide bonds. The van der Waals surface area contributed by atoms with Gasteiger partial charge >= 0.3 is 5.97 Å². The molecule has 0 spiro atoms. The molecule has 20 heavy (non-hydrogen) atoms. The first-order valence-electron chi connectivity index (χ1n) is 6.44. The highest BCUT2D eigenvalue weighted by Gasteiger charge is 2.12. The van der Waals surface area contributed by atoms with Crippen LogP contribution >= 0.6 is 0 Å². The lowest BCUT2D eigenvalue weighted by molar-refractivity contribution is 0.0601. The molecule has 2 aromatic rings. The molecular formula is C16H18N2O2. The van der Waals surface area contributed by atoms with Gasteiger partial charge in [0, 0.05) is 24.6 Å². The molecule has 4 nitrogen and oxygen atoms in total. The molecule has 104 valence electrons. The molecule has 1 aromatic carbocycles. The van der Waals surface area contributed by atoms with Crippen molar-refractivity contribution in [2.24, 2.45) is 0 Å². The second-order valence-electron chi connectivity index (χ2n) is 4.70. The normalized spacial score (nSPS) is 10.2. The summed E-state index contributed by atoms with van der Waals surface area (Å²) in [7, 11) is 1.39. The Bertz CT molecular complexity index is 624. The van der Waals surface area contributed by atoms with Crippen LogP contribution in [0.4, 0.5) is 5.69 Å². The Kier molecular flexibility index (Phi) is 4.35. The molecular weight excluding hydrogens is 252 g/mol. The van der Waals surface area contributed by atoms with Gasteiger partial charge in [0.25, 0.3) is 0 Å². The highest BCUT2D eigenvalue weighted by molar-refractivity contribution is 5.95. The second kappa shape index (κ2) is 6.19. The zero-order valence-electron chi connectivity index (χ0n) is 11.9. The predicted molar refractivity (Wildman–Crippen MR) is 78.8 cm³/mol. The van der Waals surface area contributed by atoms with Crippen molar-refractivity contribution in [3.05, 3.63) is 58.9 Å². The van der Waals surface area contributed by atoms with Gasteiger partial charge in [-0.15, -0.1) is 0 Å². The molecule has 0 aliphatic heterocycles. The van der Waals surface area contributed by atoms with Crippen LogP contribution in [-0.2, 0) is 11.3 Å². The van der Waals surface area contributed by atoms with E-state index >= 15 is 0 Å². The smallest absolute Gasteiger partial charge is 0.339 e. The van der Waals surface area contributed by atoms with E-state index < -0.39 is 0 Å². The zero-order valence-corrected chi connectivity index (χ0v) is 11.9. The summed E-state index contributed by atoms with van der Waals surface area (Å²) in [5.41, 5.74) is 4.61. The van der Waals surface area contributed by atoms with Gasteiger partial charge in [-0.3, -0.25) is 4.98 Å². The Morgan fingerprint density at radius 2 is 2.10 bits per heavy atom. The van der Waals surface area contributed by atoms with Crippen molar-refractivity contribution in [3.63, 3.8) is 0 Å². The molecule has 0 unspecified atom stereocenters. The number of esters is 1. The maximum atomic E-state index is 11.8. The average Bonchev–Trinajstić information content (AvgIpc) is 2.46. The van der Waals surface area contributed by atoms with Crippen LogP contribution < -0.4 is 5.32 Å². The average molecular weight is 270 g/mol. The summed E-state index contributed by atoms with van der Waals surface area (Å²) >= 11 is 0. The highest BCUT2D eigenvalue weighted by Crippen LogP contribution is 2.19. The quantitative estimate of drug-likeness (QED) is 0.867. The lowest BCUT2D eigenvalue weighted by Gasteiger charge is -2.12. The van der Waals surface area contributed by atoms with Crippen LogP contribution in [0.25, 0.3) is 0 Å². The number of carbonyl (C=O) groups is 1. The van der Waals surface area contributed by atoms with E-state index in [4.69, 9.17) is 4.74 Å². The summed E-state index contributed by atoms with van der Waals surface area (Å²) in [5.74, 6) is -0.334. The third-order valence-electron chi connectivity index (χ3n) is 3.20. The molecule has 1 aromatic heterocycles. The van der Waals surface area contributed by atoms with Crippen LogP contribution in [0.3, 0.4) is 0 Å². The zero-order chi connectivity index (χ0) is 14.5. The number of anilines is 1. The molecule has 0 aliphatic carbocycles. The minimum Gasteiger partial charge on any atom is -0.465 e. The molecule has 2 rings (SSSR count). The number of methoxy groups -OCH3 is 1. The van der Waals surface area contributed by atoms with Crippen molar-refractivity contribution < 1.29 is 9.53 Å². The van der Waals surface area contributed by atoms with Gasteiger partial charge in [0.05, 0.1) is 12.7 Å². The largest absolute Gasteiger partial charge is 0.465 e. The van der Waals surface area contributed by atoms with Crippen molar-refractivity contribution in [3.8, 4) is 0 Å². The molecule has 0 saturated carbocycles. The van der Waals surface area contributed by atoms with Crippen molar-refractivity contribution in [2.45, 2.75) is 20.4 Å². The lowest BCUT2D eigenvalue weighted by Crippen LogP contribution is -2.09. The topological polar surface area (TPSA) is 51.2 Å². The first-order chi connectivity index (χ1) is 9.61. The number of pyridine rings is 1. The van der Waals surface area contributed by atoms with Crippen molar-refractivity contribution >= 4 is 11.7 Å². The number of aromatic nitrogens is 1. The number of benzene rings is 1. The molecule has 0 aliphatic rings. The van der Waals surface area contributed by atoms with E-state index in [1.807, 2.05) is 44.3 Å². The number of ether oxygens (including phenoxy) is 1. The van der Waals surface area contributed by atoms with Crippen molar-refractivity contribution in [1.29, 1.82) is 0 Å². The van der Waals surface area contributed by atoms with Gasteiger partial charge in [-0.25, -0.2) is 4.79 Å². The maximum Gasteiger partial charge on any atom is 0.339 e. The van der Waals surface area contributed by atoms with E-state index in [2.05, 4.69) is 10.3 Å². The molecule has 0 saturated heterocycles. The second-order valence-corrected chi connectivity index (χ2v) is 4.70. The lowest BCUT2D eigenvalue weighted by atomic mass is 10.1. The Balaban J connectivity index is 2.21. The van der Waals surface area contributed by atoms with E-state index in [1.54, 1.807) is 6.20 Å². The van der Waals surface area contributed by atoms with Gasteiger partial charge in [-0.05, 0) is 43.2 Å². The van der Waals surface area contributed by atoms with E-state index in [1.165, 1.54) is 12.7 Å². The van der Waals surface area contributed by atoms with Gasteiger partial charge in [0.1, 0.15) is 0 Å². The number of rotatable bonds is 4. The predicted octanol–water partition coefficient (Wildman–Crippen LogP) is 3.10. The number of carbonyl (C=O) groups excluding carboxylic acids is 1. The molecule has 0 bridgehead atoms. The van der Waals surface area contributed by atoms with Gasteiger partial charge in [-0.2, -0.15) is 0 Å². The molecule has 0 atom stereocenters. The first kappa shape index (κ1) is 14.1. The van der Waals surface area contributed by atoms with Crippen molar-refractivity contribution in [2.75, 3.05) is 12.4 Å². The maximum absolute atomic E-state index is 11.8. The fourth-order valence-electron chi connectivity index (χ4n) is 1.96. The number of aryl methyl sites for hydroxylation is 2. The minimum atomic E-state index is -0.334. The van der Waals surface area contributed by atoms with Crippen LogP contribution in [-0.4, -0.2) is 18.1 Å². The van der Waals surface area contributed by atoms with E-state index in [-0.39, 0.29) is 5.97 Å². The summed E-state index contributed by atoms with van der Waals surface area (Å²) in [5, 5.41) is 3.27. The van der Waals surface area contributed by atoms with Crippen LogP contribution in [0, 0.1) is 13.8 Å². The molecule has 0 radical (unpaired) electrons. The van der Waals surface area contributed by atoms with Crippen LogP contribution in [0.2, 0.25) is 0 Å². The number of nitrogens with one attached hydrogen (secondary N) is 1.